The molecule has 0 aliphatic heterocycles. The average molecular weight is 291 g/mol. The first-order valence-electron chi connectivity index (χ1n) is 5.68. The standard InChI is InChI=1S/C15H15BrO/c1-11(2)12-6-8-14(9-7-12)17-15-5-3-4-13(16)10-15/h3-11H,1-2H3. The molecule has 88 valence electrons. The highest BCUT2D eigenvalue weighted by atomic mass is 79.9. The fourth-order valence-electron chi connectivity index (χ4n) is 1.59. The molecule has 0 bridgehead atoms. The number of halogens is 1. The van der Waals surface area contributed by atoms with Crippen LogP contribution >= 0.6 is 15.9 Å². The zero-order chi connectivity index (χ0) is 12.3. The van der Waals surface area contributed by atoms with Gasteiger partial charge in [-0.15, -0.1) is 0 Å². The lowest BCUT2D eigenvalue weighted by Crippen LogP contribution is -1.88. The quantitative estimate of drug-likeness (QED) is 0.739. The van der Waals surface area contributed by atoms with Crippen molar-refractivity contribution in [3.8, 4) is 11.5 Å². The van der Waals surface area contributed by atoms with E-state index in [1.165, 1.54) is 5.56 Å². The summed E-state index contributed by atoms with van der Waals surface area (Å²) in [5, 5.41) is 0. The lowest BCUT2D eigenvalue weighted by atomic mass is 10.0. The van der Waals surface area contributed by atoms with E-state index in [0.29, 0.717) is 5.92 Å². The van der Waals surface area contributed by atoms with Crippen molar-refractivity contribution in [3.05, 3.63) is 58.6 Å². The molecule has 0 aromatic heterocycles. The topological polar surface area (TPSA) is 9.23 Å². The van der Waals surface area contributed by atoms with Crippen LogP contribution in [0.25, 0.3) is 0 Å². The van der Waals surface area contributed by atoms with Gasteiger partial charge in [0.2, 0.25) is 0 Å². The third-order valence-electron chi connectivity index (χ3n) is 2.58. The maximum absolute atomic E-state index is 5.76. The van der Waals surface area contributed by atoms with Gasteiger partial charge in [-0.1, -0.05) is 48.0 Å². The second kappa shape index (κ2) is 5.37. The smallest absolute Gasteiger partial charge is 0.128 e. The van der Waals surface area contributed by atoms with E-state index in [-0.39, 0.29) is 0 Å². The van der Waals surface area contributed by atoms with Crippen molar-refractivity contribution in [3.63, 3.8) is 0 Å². The minimum Gasteiger partial charge on any atom is -0.457 e. The molecule has 0 saturated heterocycles. The summed E-state index contributed by atoms with van der Waals surface area (Å²) in [5.74, 6) is 2.26. The first-order valence-corrected chi connectivity index (χ1v) is 6.48. The van der Waals surface area contributed by atoms with E-state index in [1.54, 1.807) is 0 Å². The summed E-state index contributed by atoms with van der Waals surface area (Å²) >= 11 is 3.43. The van der Waals surface area contributed by atoms with Crippen LogP contribution in [0.3, 0.4) is 0 Å². The summed E-state index contributed by atoms with van der Waals surface area (Å²) in [6.07, 6.45) is 0. The van der Waals surface area contributed by atoms with Gasteiger partial charge >= 0.3 is 0 Å². The molecule has 2 heteroatoms. The average Bonchev–Trinajstić information content (AvgIpc) is 2.29. The molecule has 17 heavy (non-hydrogen) atoms. The van der Waals surface area contributed by atoms with Crippen molar-refractivity contribution in [1.29, 1.82) is 0 Å². The van der Waals surface area contributed by atoms with Crippen molar-refractivity contribution in [2.75, 3.05) is 0 Å². The van der Waals surface area contributed by atoms with E-state index >= 15 is 0 Å². The van der Waals surface area contributed by atoms with Crippen molar-refractivity contribution in [1.82, 2.24) is 0 Å². The van der Waals surface area contributed by atoms with E-state index in [4.69, 9.17) is 4.74 Å². The lowest BCUT2D eigenvalue weighted by molar-refractivity contribution is 0.482. The van der Waals surface area contributed by atoms with E-state index in [2.05, 4.69) is 41.9 Å². The van der Waals surface area contributed by atoms with Crippen LogP contribution in [0.4, 0.5) is 0 Å². The molecular weight excluding hydrogens is 276 g/mol. The molecule has 0 amide bonds. The highest BCUT2D eigenvalue weighted by Gasteiger charge is 2.01. The third kappa shape index (κ3) is 3.34. The lowest BCUT2D eigenvalue weighted by Gasteiger charge is -2.08. The Bertz CT molecular complexity index is 489. The largest absolute Gasteiger partial charge is 0.457 e. The molecule has 0 saturated carbocycles. The third-order valence-corrected chi connectivity index (χ3v) is 3.07. The van der Waals surface area contributed by atoms with Crippen LogP contribution in [0.5, 0.6) is 11.5 Å². The molecule has 0 aliphatic carbocycles. The van der Waals surface area contributed by atoms with Gasteiger partial charge in [0.1, 0.15) is 11.5 Å². The number of ether oxygens (including phenoxy) is 1. The van der Waals surface area contributed by atoms with E-state index < -0.39 is 0 Å². The van der Waals surface area contributed by atoms with Gasteiger partial charge in [0.25, 0.3) is 0 Å². The van der Waals surface area contributed by atoms with Crippen LogP contribution in [-0.2, 0) is 0 Å². The predicted octanol–water partition coefficient (Wildman–Crippen LogP) is 5.36. The summed E-state index contributed by atoms with van der Waals surface area (Å²) in [4.78, 5) is 0. The van der Waals surface area contributed by atoms with Gasteiger partial charge in [-0.05, 0) is 41.8 Å². The van der Waals surface area contributed by atoms with Crippen LogP contribution in [0.1, 0.15) is 25.3 Å². The van der Waals surface area contributed by atoms with Crippen molar-refractivity contribution in [2.24, 2.45) is 0 Å². The van der Waals surface area contributed by atoms with Gasteiger partial charge < -0.3 is 4.74 Å². The Balaban J connectivity index is 2.14. The zero-order valence-corrected chi connectivity index (χ0v) is 11.6. The number of hydrogen-bond acceptors (Lipinski definition) is 1. The molecule has 2 aromatic rings. The van der Waals surface area contributed by atoms with Crippen LogP contribution in [0.2, 0.25) is 0 Å². The summed E-state index contributed by atoms with van der Waals surface area (Å²) in [6.45, 7) is 4.37. The fourth-order valence-corrected chi connectivity index (χ4v) is 1.97. The maximum atomic E-state index is 5.76. The Kier molecular flexibility index (Phi) is 3.85. The van der Waals surface area contributed by atoms with Crippen molar-refractivity contribution < 1.29 is 4.74 Å². The van der Waals surface area contributed by atoms with E-state index in [0.717, 1.165) is 16.0 Å². The highest BCUT2D eigenvalue weighted by molar-refractivity contribution is 9.10. The van der Waals surface area contributed by atoms with Crippen molar-refractivity contribution >= 4 is 15.9 Å². The number of hydrogen-bond donors (Lipinski definition) is 0. The predicted molar refractivity (Wildman–Crippen MR) is 74.7 cm³/mol. The molecule has 0 aliphatic rings. The summed E-state index contributed by atoms with van der Waals surface area (Å²) in [5.41, 5.74) is 1.33. The maximum Gasteiger partial charge on any atom is 0.128 e. The molecule has 0 atom stereocenters. The molecular formula is C15H15BrO. The normalized spacial score (nSPS) is 10.6. The second-order valence-corrected chi connectivity index (χ2v) is 5.20. The Morgan fingerprint density at radius 1 is 0.941 bits per heavy atom. The first kappa shape index (κ1) is 12.2. The van der Waals surface area contributed by atoms with Gasteiger partial charge in [-0.25, -0.2) is 0 Å². The molecule has 0 heterocycles. The van der Waals surface area contributed by atoms with Gasteiger partial charge in [-0.3, -0.25) is 0 Å². The molecule has 0 radical (unpaired) electrons. The van der Waals surface area contributed by atoms with E-state index in [9.17, 15) is 0 Å². The molecule has 1 nitrogen and oxygen atoms in total. The number of benzene rings is 2. The Labute approximate surface area is 111 Å². The van der Waals surface area contributed by atoms with Crippen LogP contribution < -0.4 is 4.74 Å². The SMILES string of the molecule is CC(C)c1ccc(Oc2cccc(Br)c2)cc1. The molecule has 0 unspecified atom stereocenters. The monoisotopic (exact) mass is 290 g/mol. The molecule has 0 spiro atoms. The first-order chi connectivity index (χ1) is 8.15. The van der Waals surface area contributed by atoms with Crippen molar-refractivity contribution in [2.45, 2.75) is 19.8 Å². The fraction of sp³-hybridized carbons (Fsp3) is 0.200. The van der Waals surface area contributed by atoms with Crippen LogP contribution in [-0.4, -0.2) is 0 Å². The highest BCUT2D eigenvalue weighted by Crippen LogP contribution is 2.25. The van der Waals surface area contributed by atoms with Crippen LogP contribution in [0.15, 0.2) is 53.0 Å². The van der Waals surface area contributed by atoms with Gasteiger partial charge in [-0.2, -0.15) is 0 Å². The minimum absolute atomic E-state index is 0.551. The molecule has 2 aromatic carbocycles. The zero-order valence-electron chi connectivity index (χ0n) is 9.98. The molecule has 2 rings (SSSR count). The Hall–Kier alpha value is -1.28. The second-order valence-electron chi connectivity index (χ2n) is 4.28. The number of rotatable bonds is 3. The van der Waals surface area contributed by atoms with Gasteiger partial charge in [0.15, 0.2) is 0 Å². The Morgan fingerprint density at radius 2 is 1.65 bits per heavy atom. The Morgan fingerprint density at radius 3 is 2.24 bits per heavy atom. The van der Waals surface area contributed by atoms with E-state index in [1.807, 2.05) is 36.4 Å². The summed E-state index contributed by atoms with van der Waals surface area (Å²) in [7, 11) is 0. The summed E-state index contributed by atoms with van der Waals surface area (Å²) < 4.78 is 6.79. The molecule has 0 N–H and O–H groups in total. The summed E-state index contributed by atoms with van der Waals surface area (Å²) in [6, 6.07) is 16.1. The van der Waals surface area contributed by atoms with Gasteiger partial charge in [0, 0.05) is 4.47 Å². The minimum atomic E-state index is 0.551. The van der Waals surface area contributed by atoms with Gasteiger partial charge in [0.05, 0.1) is 0 Å². The van der Waals surface area contributed by atoms with Crippen LogP contribution in [0, 0.1) is 0 Å². The molecule has 0 fully saturated rings.